The van der Waals surface area contributed by atoms with Crippen molar-refractivity contribution in [2.45, 2.75) is 44.4 Å². The highest BCUT2D eigenvalue weighted by Gasteiger charge is 2.18. The second kappa shape index (κ2) is 5.09. The minimum absolute atomic E-state index is 0.317. The highest BCUT2D eigenvalue weighted by molar-refractivity contribution is 7.90. The predicted octanol–water partition coefficient (Wildman–Crippen LogP) is 0.456. The molecule has 0 radical (unpaired) electrons. The molecule has 0 amide bonds. The maximum atomic E-state index is 11.4. The SMILES string of the molecule is CC(C)S(=O)(=O)NCC1CCCCN1. The summed E-state index contributed by atoms with van der Waals surface area (Å²) < 4.78 is 25.5. The molecule has 1 saturated heterocycles. The maximum Gasteiger partial charge on any atom is 0.213 e. The number of sulfonamides is 1. The molecule has 84 valence electrons. The molecule has 2 N–H and O–H groups in total. The van der Waals surface area contributed by atoms with Gasteiger partial charge in [-0.2, -0.15) is 0 Å². The van der Waals surface area contributed by atoms with Crippen LogP contribution in [0.5, 0.6) is 0 Å². The van der Waals surface area contributed by atoms with Gasteiger partial charge in [-0.05, 0) is 33.2 Å². The van der Waals surface area contributed by atoms with E-state index in [0.29, 0.717) is 12.6 Å². The maximum absolute atomic E-state index is 11.4. The Labute approximate surface area is 86.5 Å². The Balaban J connectivity index is 2.32. The Hall–Kier alpha value is -0.130. The molecule has 0 bridgehead atoms. The number of rotatable bonds is 4. The van der Waals surface area contributed by atoms with Gasteiger partial charge in [-0.3, -0.25) is 0 Å². The van der Waals surface area contributed by atoms with Crippen molar-refractivity contribution in [3.05, 3.63) is 0 Å². The van der Waals surface area contributed by atoms with E-state index in [2.05, 4.69) is 10.0 Å². The van der Waals surface area contributed by atoms with Gasteiger partial charge in [0.2, 0.25) is 10.0 Å². The van der Waals surface area contributed by atoms with Gasteiger partial charge in [0.25, 0.3) is 0 Å². The summed E-state index contributed by atoms with van der Waals surface area (Å²) in [5, 5.41) is 2.96. The molecule has 0 spiro atoms. The third-order valence-electron chi connectivity index (χ3n) is 2.56. The van der Waals surface area contributed by atoms with Gasteiger partial charge in [0.05, 0.1) is 5.25 Å². The molecule has 1 rings (SSSR count). The van der Waals surface area contributed by atoms with Crippen LogP contribution in [0.15, 0.2) is 0 Å². The summed E-state index contributed by atoms with van der Waals surface area (Å²) in [5.74, 6) is 0. The van der Waals surface area contributed by atoms with Crippen LogP contribution in [-0.2, 0) is 10.0 Å². The fraction of sp³-hybridized carbons (Fsp3) is 1.00. The average Bonchev–Trinajstić information content (AvgIpc) is 2.16. The lowest BCUT2D eigenvalue weighted by Crippen LogP contribution is -2.44. The normalized spacial score (nSPS) is 24.1. The number of hydrogen-bond donors (Lipinski definition) is 2. The zero-order valence-corrected chi connectivity index (χ0v) is 9.73. The minimum atomic E-state index is -3.09. The molecule has 5 heteroatoms. The van der Waals surface area contributed by atoms with Crippen molar-refractivity contribution >= 4 is 10.0 Å². The standard InChI is InChI=1S/C9H20N2O2S/c1-8(2)14(12,13)11-7-9-5-3-4-6-10-9/h8-11H,3-7H2,1-2H3. The molecule has 1 unspecified atom stereocenters. The first kappa shape index (κ1) is 11.9. The summed E-state index contributed by atoms with van der Waals surface area (Å²) in [4.78, 5) is 0. The summed E-state index contributed by atoms with van der Waals surface area (Å²) in [6.45, 7) is 4.92. The molecule has 0 aromatic carbocycles. The fourth-order valence-electron chi connectivity index (χ4n) is 1.48. The van der Waals surface area contributed by atoms with E-state index >= 15 is 0 Å². The van der Waals surface area contributed by atoms with Gasteiger partial charge in [-0.25, -0.2) is 13.1 Å². The highest BCUT2D eigenvalue weighted by Crippen LogP contribution is 2.06. The van der Waals surface area contributed by atoms with E-state index in [9.17, 15) is 8.42 Å². The molecule has 1 fully saturated rings. The molecule has 0 saturated carbocycles. The van der Waals surface area contributed by atoms with E-state index in [1.807, 2.05) is 0 Å². The van der Waals surface area contributed by atoms with Crippen LogP contribution in [0.3, 0.4) is 0 Å². The van der Waals surface area contributed by atoms with Crippen molar-refractivity contribution in [1.29, 1.82) is 0 Å². The van der Waals surface area contributed by atoms with Crippen LogP contribution in [0.25, 0.3) is 0 Å². The predicted molar refractivity (Wildman–Crippen MR) is 57.7 cm³/mol. The van der Waals surface area contributed by atoms with Crippen LogP contribution in [0.2, 0.25) is 0 Å². The average molecular weight is 220 g/mol. The first-order valence-corrected chi connectivity index (χ1v) is 6.79. The molecule has 1 aliphatic heterocycles. The van der Waals surface area contributed by atoms with Crippen molar-refractivity contribution in [2.24, 2.45) is 0 Å². The lowest BCUT2D eigenvalue weighted by atomic mass is 10.1. The van der Waals surface area contributed by atoms with Gasteiger partial charge in [0.1, 0.15) is 0 Å². The first-order valence-electron chi connectivity index (χ1n) is 5.24. The van der Waals surface area contributed by atoms with E-state index in [0.717, 1.165) is 13.0 Å². The molecular formula is C9H20N2O2S. The van der Waals surface area contributed by atoms with Crippen LogP contribution in [-0.4, -0.2) is 32.8 Å². The summed E-state index contributed by atoms with van der Waals surface area (Å²) in [7, 11) is -3.09. The lowest BCUT2D eigenvalue weighted by Gasteiger charge is -2.24. The molecule has 1 atom stereocenters. The Morgan fingerprint density at radius 2 is 2.14 bits per heavy atom. The highest BCUT2D eigenvalue weighted by atomic mass is 32.2. The smallest absolute Gasteiger partial charge is 0.213 e. The van der Waals surface area contributed by atoms with Crippen LogP contribution in [0, 0.1) is 0 Å². The molecule has 14 heavy (non-hydrogen) atoms. The quantitative estimate of drug-likeness (QED) is 0.723. The van der Waals surface area contributed by atoms with Crippen LogP contribution in [0.4, 0.5) is 0 Å². The van der Waals surface area contributed by atoms with Gasteiger partial charge in [-0.15, -0.1) is 0 Å². The second-order valence-corrected chi connectivity index (χ2v) is 6.41. The molecule has 1 aliphatic rings. The summed E-state index contributed by atoms with van der Waals surface area (Å²) in [5.41, 5.74) is 0. The lowest BCUT2D eigenvalue weighted by molar-refractivity contribution is 0.398. The van der Waals surface area contributed by atoms with Gasteiger partial charge >= 0.3 is 0 Å². The summed E-state index contributed by atoms with van der Waals surface area (Å²) in [6, 6.07) is 0.317. The minimum Gasteiger partial charge on any atom is -0.313 e. The molecule has 0 aliphatic carbocycles. The van der Waals surface area contributed by atoms with Crippen molar-refractivity contribution in [3.8, 4) is 0 Å². The number of nitrogens with one attached hydrogen (secondary N) is 2. The van der Waals surface area contributed by atoms with Crippen molar-refractivity contribution in [3.63, 3.8) is 0 Å². The van der Waals surface area contributed by atoms with Gasteiger partial charge in [0, 0.05) is 12.6 Å². The monoisotopic (exact) mass is 220 g/mol. The topological polar surface area (TPSA) is 58.2 Å². The Morgan fingerprint density at radius 3 is 2.64 bits per heavy atom. The van der Waals surface area contributed by atoms with E-state index in [4.69, 9.17) is 0 Å². The molecule has 4 nitrogen and oxygen atoms in total. The van der Waals surface area contributed by atoms with Gasteiger partial charge in [0.15, 0.2) is 0 Å². The Morgan fingerprint density at radius 1 is 1.43 bits per heavy atom. The summed E-state index contributed by atoms with van der Waals surface area (Å²) in [6.07, 6.45) is 3.47. The fourth-order valence-corrected chi connectivity index (χ4v) is 2.25. The third-order valence-corrected chi connectivity index (χ3v) is 4.37. The number of piperidine rings is 1. The van der Waals surface area contributed by atoms with Crippen LogP contribution >= 0.6 is 0 Å². The van der Waals surface area contributed by atoms with E-state index in [-0.39, 0.29) is 5.25 Å². The Bertz CT molecular complexity index is 256. The van der Waals surface area contributed by atoms with Crippen LogP contribution in [0.1, 0.15) is 33.1 Å². The molecule has 0 aromatic rings. The molecular weight excluding hydrogens is 200 g/mol. The third kappa shape index (κ3) is 3.55. The number of hydrogen-bond acceptors (Lipinski definition) is 3. The second-order valence-electron chi connectivity index (χ2n) is 4.09. The molecule has 0 aromatic heterocycles. The van der Waals surface area contributed by atoms with Crippen LogP contribution < -0.4 is 10.0 Å². The van der Waals surface area contributed by atoms with E-state index < -0.39 is 10.0 Å². The first-order chi connectivity index (χ1) is 6.52. The zero-order valence-electron chi connectivity index (χ0n) is 8.91. The van der Waals surface area contributed by atoms with E-state index in [1.54, 1.807) is 13.8 Å². The van der Waals surface area contributed by atoms with Gasteiger partial charge in [-0.1, -0.05) is 6.42 Å². The summed E-state index contributed by atoms with van der Waals surface area (Å²) >= 11 is 0. The van der Waals surface area contributed by atoms with Crippen molar-refractivity contribution < 1.29 is 8.42 Å². The largest absolute Gasteiger partial charge is 0.313 e. The Kier molecular flexibility index (Phi) is 4.34. The zero-order chi connectivity index (χ0) is 10.6. The molecule has 1 heterocycles. The van der Waals surface area contributed by atoms with Crippen molar-refractivity contribution in [2.75, 3.05) is 13.1 Å². The van der Waals surface area contributed by atoms with Crippen molar-refractivity contribution in [1.82, 2.24) is 10.0 Å². The van der Waals surface area contributed by atoms with E-state index in [1.165, 1.54) is 12.8 Å². The van der Waals surface area contributed by atoms with Gasteiger partial charge < -0.3 is 5.32 Å².